The lowest BCUT2D eigenvalue weighted by Crippen LogP contribution is -2.48. The number of benzene rings is 3. The van der Waals surface area contributed by atoms with Crippen molar-refractivity contribution in [2.24, 2.45) is 0 Å². The molecule has 6 nitrogen and oxygen atoms in total. The molecule has 1 aliphatic rings. The van der Waals surface area contributed by atoms with Gasteiger partial charge in [-0.05, 0) is 55.3 Å². The minimum atomic E-state index is -3.96. The Morgan fingerprint density at radius 2 is 1.63 bits per heavy atom. The first-order valence-corrected chi connectivity index (χ1v) is 15.0. The SMILES string of the molecule is CC1CN(S(=O)(=O)c2cc(C(=O)OC(c3ccc(Br)cc3)C(C)(C)c3ccccc3)ccc2Cl)CC(C)O1. The van der Waals surface area contributed by atoms with Gasteiger partial charge in [-0.25, -0.2) is 13.2 Å². The number of carbonyl (C=O) groups is 1. The third-order valence-corrected chi connectivity index (χ3v) is 9.58. The first-order chi connectivity index (χ1) is 17.9. The predicted molar refractivity (Wildman–Crippen MR) is 152 cm³/mol. The molecule has 1 saturated heterocycles. The predicted octanol–water partition coefficient (Wildman–Crippen LogP) is 6.78. The Morgan fingerprint density at radius 1 is 1.03 bits per heavy atom. The van der Waals surface area contributed by atoms with Gasteiger partial charge in [0, 0.05) is 23.0 Å². The van der Waals surface area contributed by atoms with E-state index >= 15 is 0 Å². The Bertz CT molecular complexity index is 1390. The fraction of sp³-hybridized carbons (Fsp3) is 0.345. The standard InChI is InChI=1S/C29H31BrClNO5S/c1-19-17-32(18-20(2)36-19)38(34,35)26-16-22(12-15-25(26)31)28(33)37-27(21-10-13-24(30)14-11-21)29(3,4)23-8-6-5-7-9-23/h5-16,19-20,27H,17-18H2,1-4H3. The Balaban J connectivity index is 1.69. The molecule has 0 radical (unpaired) electrons. The smallest absolute Gasteiger partial charge is 0.338 e. The molecule has 3 atom stereocenters. The van der Waals surface area contributed by atoms with E-state index in [-0.39, 0.29) is 40.8 Å². The number of sulfonamides is 1. The van der Waals surface area contributed by atoms with Gasteiger partial charge in [-0.3, -0.25) is 0 Å². The van der Waals surface area contributed by atoms with Gasteiger partial charge in [-0.15, -0.1) is 0 Å². The summed E-state index contributed by atoms with van der Waals surface area (Å²) in [5.41, 5.74) is 1.32. The van der Waals surface area contributed by atoms with E-state index in [4.69, 9.17) is 21.1 Å². The molecule has 0 aliphatic carbocycles. The van der Waals surface area contributed by atoms with Crippen LogP contribution in [0.25, 0.3) is 0 Å². The second-order valence-corrected chi connectivity index (χ2v) is 13.4. The molecule has 0 amide bonds. The average Bonchev–Trinajstić information content (AvgIpc) is 2.88. The number of rotatable bonds is 7. The summed E-state index contributed by atoms with van der Waals surface area (Å²) in [4.78, 5) is 13.4. The van der Waals surface area contributed by atoms with Crippen molar-refractivity contribution in [1.82, 2.24) is 4.31 Å². The lowest BCUT2D eigenvalue weighted by atomic mass is 9.76. The first kappa shape index (κ1) is 28.8. The molecule has 9 heteroatoms. The van der Waals surface area contributed by atoms with Gasteiger partial charge in [0.15, 0.2) is 0 Å². The fourth-order valence-corrected chi connectivity index (χ4v) is 7.11. The van der Waals surface area contributed by atoms with Crippen molar-refractivity contribution in [3.05, 3.63) is 99.0 Å². The molecule has 38 heavy (non-hydrogen) atoms. The van der Waals surface area contributed by atoms with Gasteiger partial charge in [0.2, 0.25) is 10.0 Å². The molecule has 3 aromatic carbocycles. The monoisotopic (exact) mass is 619 g/mol. The van der Waals surface area contributed by atoms with Crippen molar-refractivity contribution in [2.75, 3.05) is 13.1 Å². The molecule has 1 aliphatic heterocycles. The topological polar surface area (TPSA) is 72.9 Å². The van der Waals surface area contributed by atoms with Gasteiger partial charge in [0.1, 0.15) is 11.0 Å². The summed E-state index contributed by atoms with van der Waals surface area (Å²) in [6.45, 7) is 8.08. The van der Waals surface area contributed by atoms with E-state index in [1.807, 2.05) is 82.3 Å². The van der Waals surface area contributed by atoms with Crippen LogP contribution in [0.1, 0.15) is 55.3 Å². The number of carbonyl (C=O) groups excluding carboxylic acids is 1. The molecule has 1 fully saturated rings. The van der Waals surface area contributed by atoms with Crippen molar-refractivity contribution in [3.63, 3.8) is 0 Å². The van der Waals surface area contributed by atoms with E-state index in [0.29, 0.717) is 0 Å². The van der Waals surface area contributed by atoms with Gasteiger partial charge in [-0.1, -0.05) is 83.8 Å². The Kier molecular flexibility index (Phi) is 8.69. The lowest BCUT2D eigenvalue weighted by molar-refractivity contribution is -0.0440. The molecule has 4 rings (SSSR count). The molecule has 1 heterocycles. The Morgan fingerprint density at radius 3 is 2.24 bits per heavy atom. The molecule has 0 bridgehead atoms. The Hall–Kier alpha value is -2.23. The van der Waals surface area contributed by atoms with E-state index in [0.717, 1.165) is 15.6 Å². The van der Waals surface area contributed by atoms with Gasteiger partial charge in [0.05, 0.1) is 22.8 Å². The molecule has 3 unspecified atom stereocenters. The number of esters is 1. The van der Waals surface area contributed by atoms with Crippen LogP contribution in [0, 0.1) is 0 Å². The van der Waals surface area contributed by atoms with Crippen LogP contribution in [0.5, 0.6) is 0 Å². The number of halogens is 2. The molecule has 202 valence electrons. The van der Waals surface area contributed by atoms with Crippen LogP contribution in [-0.4, -0.2) is 44.0 Å². The quantitative estimate of drug-likeness (QED) is 0.273. The van der Waals surface area contributed by atoms with Crippen molar-refractivity contribution < 1.29 is 22.7 Å². The zero-order valence-corrected chi connectivity index (χ0v) is 24.9. The minimum Gasteiger partial charge on any atom is -0.453 e. The summed E-state index contributed by atoms with van der Waals surface area (Å²) in [5, 5.41) is 0.0439. The zero-order valence-electron chi connectivity index (χ0n) is 21.7. The highest BCUT2D eigenvalue weighted by Crippen LogP contribution is 2.40. The summed E-state index contributed by atoms with van der Waals surface area (Å²) in [6.07, 6.45) is -1.16. The number of nitrogens with zero attached hydrogens (tertiary/aromatic N) is 1. The largest absolute Gasteiger partial charge is 0.453 e. The van der Waals surface area contributed by atoms with Crippen molar-refractivity contribution in [2.45, 2.75) is 56.3 Å². The maximum absolute atomic E-state index is 13.5. The average molecular weight is 621 g/mol. The van der Waals surface area contributed by atoms with Crippen LogP contribution in [0.15, 0.2) is 82.2 Å². The van der Waals surface area contributed by atoms with Crippen LogP contribution in [0.3, 0.4) is 0 Å². The highest BCUT2D eigenvalue weighted by molar-refractivity contribution is 9.10. The summed E-state index contributed by atoms with van der Waals surface area (Å²) in [7, 11) is -3.96. The van der Waals surface area contributed by atoms with Gasteiger partial charge in [0.25, 0.3) is 0 Å². The van der Waals surface area contributed by atoms with Crippen LogP contribution in [-0.2, 0) is 24.9 Å². The van der Waals surface area contributed by atoms with E-state index in [1.54, 1.807) is 0 Å². The van der Waals surface area contributed by atoms with E-state index < -0.39 is 27.5 Å². The zero-order chi connectivity index (χ0) is 27.7. The van der Waals surface area contributed by atoms with Crippen LogP contribution in [0.2, 0.25) is 5.02 Å². The highest BCUT2D eigenvalue weighted by Gasteiger charge is 2.37. The summed E-state index contributed by atoms with van der Waals surface area (Å²) >= 11 is 9.81. The number of hydrogen-bond acceptors (Lipinski definition) is 5. The van der Waals surface area contributed by atoms with Gasteiger partial charge < -0.3 is 9.47 Å². The third kappa shape index (κ3) is 6.15. The fourth-order valence-electron chi connectivity index (χ4n) is 4.76. The molecule has 3 aromatic rings. The van der Waals surface area contributed by atoms with Gasteiger partial charge in [-0.2, -0.15) is 4.31 Å². The Labute approximate surface area is 238 Å². The molecular formula is C29H31BrClNO5S. The second-order valence-electron chi connectivity index (χ2n) is 10.1. The lowest BCUT2D eigenvalue weighted by Gasteiger charge is -2.35. The number of ether oxygens (including phenoxy) is 2. The normalized spacial score (nSPS) is 19.6. The van der Waals surface area contributed by atoms with Gasteiger partial charge >= 0.3 is 5.97 Å². The second kappa shape index (κ2) is 11.5. The maximum atomic E-state index is 13.5. The maximum Gasteiger partial charge on any atom is 0.338 e. The number of morpholine rings is 1. The van der Waals surface area contributed by atoms with Crippen LogP contribution < -0.4 is 0 Å². The summed E-state index contributed by atoms with van der Waals surface area (Å²) < 4.78 is 41.1. The van der Waals surface area contributed by atoms with E-state index in [9.17, 15) is 13.2 Å². The molecule has 0 spiro atoms. The van der Waals surface area contributed by atoms with Crippen LogP contribution in [0.4, 0.5) is 0 Å². The number of hydrogen-bond donors (Lipinski definition) is 0. The highest BCUT2D eigenvalue weighted by atomic mass is 79.9. The summed E-state index contributed by atoms with van der Waals surface area (Å²) in [5.74, 6) is -0.640. The first-order valence-electron chi connectivity index (χ1n) is 12.4. The minimum absolute atomic E-state index is 0.0439. The molecule has 0 N–H and O–H groups in total. The molecule has 0 aromatic heterocycles. The molecule has 0 saturated carbocycles. The van der Waals surface area contributed by atoms with E-state index in [1.165, 1.54) is 22.5 Å². The van der Waals surface area contributed by atoms with Crippen LogP contribution >= 0.6 is 27.5 Å². The van der Waals surface area contributed by atoms with E-state index in [2.05, 4.69) is 15.9 Å². The van der Waals surface area contributed by atoms with Crippen molar-refractivity contribution >= 4 is 43.5 Å². The molecular weight excluding hydrogens is 590 g/mol. The third-order valence-electron chi connectivity index (χ3n) is 6.74. The summed E-state index contributed by atoms with van der Waals surface area (Å²) in [6, 6.07) is 21.7. The van der Waals surface area contributed by atoms with Crippen molar-refractivity contribution in [3.8, 4) is 0 Å². The van der Waals surface area contributed by atoms with Crippen molar-refractivity contribution in [1.29, 1.82) is 0 Å².